The summed E-state index contributed by atoms with van der Waals surface area (Å²) in [6, 6.07) is 25.2. The molecule has 1 amide bonds. The van der Waals surface area contributed by atoms with Crippen molar-refractivity contribution >= 4 is 5.91 Å². The maximum atomic E-state index is 13.3. The average molecular weight is 401 g/mol. The van der Waals surface area contributed by atoms with Gasteiger partial charge < -0.3 is 15.7 Å². The number of likely N-dealkylation sites (tertiary alicyclic amines) is 1. The number of hydrogen-bond acceptors (Lipinski definition) is 3. The molecule has 0 aliphatic carbocycles. The van der Waals surface area contributed by atoms with Crippen LogP contribution in [0.3, 0.4) is 0 Å². The van der Waals surface area contributed by atoms with Crippen molar-refractivity contribution in [2.45, 2.75) is 37.8 Å². The molecule has 3 aromatic carbocycles. The predicted molar refractivity (Wildman–Crippen MR) is 120 cm³/mol. The fraction of sp³-hybridized carbons (Fsp3) is 0.269. The third-order valence-electron chi connectivity index (χ3n) is 5.87. The normalized spacial score (nSPS) is 17.5. The van der Waals surface area contributed by atoms with Gasteiger partial charge in [0, 0.05) is 6.54 Å². The number of aromatic hydroxyl groups is 1. The molecule has 1 fully saturated rings. The van der Waals surface area contributed by atoms with E-state index in [0.29, 0.717) is 6.42 Å². The molecule has 0 saturated carbocycles. The second kappa shape index (κ2) is 9.14. The van der Waals surface area contributed by atoms with Gasteiger partial charge in [-0.3, -0.25) is 4.79 Å². The summed E-state index contributed by atoms with van der Waals surface area (Å²) in [4.78, 5) is 15.2. The van der Waals surface area contributed by atoms with Crippen molar-refractivity contribution in [2.75, 3.05) is 6.54 Å². The highest BCUT2D eigenvalue weighted by molar-refractivity contribution is 5.82. The Labute approximate surface area is 178 Å². The summed E-state index contributed by atoms with van der Waals surface area (Å²) >= 11 is 0. The van der Waals surface area contributed by atoms with Crippen LogP contribution in [0.25, 0.3) is 11.1 Å². The van der Waals surface area contributed by atoms with Gasteiger partial charge in [0.25, 0.3) is 0 Å². The Bertz CT molecular complexity index is 985. The summed E-state index contributed by atoms with van der Waals surface area (Å²) in [5.74, 6) is 0.214. The van der Waals surface area contributed by atoms with E-state index in [-0.39, 0.29) is 17.7 Å². The number of phenolic OH excluding ortho intramolecular Hbond substituents is 1. The largest absolute Gasteiger partial charge is 0.508 e. The van der Waals surface area contributed by atoms with E-state index in [9.17, 15) is 9.90 Å². The van der Waals surface area contributed by atoms with Crippen LogP contribution in [0, 0.1) is 0 Å². The van der Waals surface area contributed by atoms with Crippen molar-refractivity contribution in [1.29, 1.82) is 0 Å². The van der Waals surface area contributed by atoms with Crippen LogP contribution < -0.4 is 5.73 Å². The number of carbonyl (C=O) groups excluding carboxylic acids is 1. The molecule has 1 aliphatic heterocycles. The van der Waals surface area contributed by atoms with E-state index in [1.807, 2.05) is 35.2 Å². The van der Waals surface area contributed by atoms with Crippen LogP contribution in [0.5, 0.6) is 5.75 Å². The minimum atomic E-state index is -0.590. The Morgan fingerprint density at radius 3 is 2.47 bits per heavy atom. The molecular formula is C26H28N2O2. The lowest BCUT2D eigenvalue weighted by Gasteiger charge is -2.37. The van der Waals surface area contributed by atoms with Crippen molar-refractivity contribution in [3.8, 4) is 16.9 Å². The van der Waals surface area contributed by atoms with Crippen molar-refractivity contribution in [1.82, 2.24) is 4.90 Å². The highest BCUT2D eigenvalue weighted by Gasteiger charge is 2.31. The summed E-state index contributed by atoms with van der Waals surface area (Å²) in [6.45, 7) is 0.738. The van der Waals surface area contributed by atoms with Crippen LogP contribution in [0.1, 0.15) is 36.4 Å². The molecular weight excluding hydrogens is 372 g/mol. The molecule has 2 atom stereocenters. The first-order chi connectivity index (χ1) is 14.6. The quantitative estimate of drug-likeness (QED) is 0.653. The summed E-state index contributed by atoms with van der Waals surface area (Å²) in [5.41, 5.74) is 10.8. The molecule has 154 valence electrons. The molecule has 0 aromatic heterocycles. The lowest BCUT2D eigenvalue weighted by Crippen LogP contribution is -2.48. The van der Waals surface area contributed by atoms with E-state index in [1.54, 1.807) is 12.1 Å². The van der Waals surface area contributed by atoms with Crippen molar-refractivity contribution in [2.24, 2.45) is 5.73 Å². The lowest BCUT2D eigenvalue weighted by atomic mass is 9.91. The molecule has 3 aromatic rings. The first-order valence-electron chi connectivity index (χ1n) is 10.6. The molecule has 4 nitrogen and oxygen atoms in total. The topological polar surface area (TPSA) is 66.6 Å². The number of nitrogens with two attached hydrogens (primary N) is 1. The predicted octanol–water partition coefficient (Wildman–Crippen LogP) is 4.68. The second-order valence-electron chi connectivity index (χ2n) is 8.01. The van der Waals surface area contributed by atoms with Gasteiger partial charge in [-0.25, -0.2) is 0 Å². The first kappa shape index (κ1) is 20.2. The number of hydrogen-bond donors (Lipinski definition) is 2. The van der Waals surface area contributed by atoms with Gasteiger partial charge in [0.15, 0.2) is 0 Å². The van der Waals surface area contributed by atoms with E-state index in [0.717, 1.165) is 31.4 Å². The number of benzene rings is 3. The van der Waals surface area contributed by atoms with E-state index in [4.69, 9.17) is 5.73 Å². The minimum Gasteiger partial charge on any atom is -0.508 e. The Balaban J connectivity index is 1.54. The Morgan fingerprint density at radius 1 is 0.967 bits per heavy atom. The van der Waals surface area contributed by atoms with Crippen LogP contribution in [0.15, 0.2) is 78.9 Å². The molecule has 4 rings (SSSR count). The van der Waals surface area contributed by atoms with E-state index < -0.39 is 6.04 Å². The highest BCUT2D eigenvalue weighted by Crippen LogP contribution is 2.33. The lowest BCUT2D eigenvalue weighted by molar-refractivity contribution is -0.136. The Morgan fingerprint density at radius 2 is 1.70 bits per heavy atom. The smallest absolute Gasteiger partial charge is 0.240 e. The summed E-state index contributed by atoms with van der Waals surface area (Å²) in [7, 11) is 0. The van der Waals surface area contributed by atoms with Crippen molar-refractivity contribution < 1.29 is 9.90 Å². The Hall–Kier alpha value is -3.11. The van der Waals surface area contributed by atoms with Crippen LogP contribution in [0.4, 0.5) is 0 Å². The maximum Gasteiger partial charge on any atom is 0.240 e. The van der Waals surface area contributed by atoms with Gasteiger partial charge in [-0.05, 0) is 66.1 Å². The molecule has 0 radical (unpaired) electrons. The molecule has 0 bridgehead atoms. The molecule has 0 spiro atoms. The summed E-state index contributed by atoms with van der Waals surface area (Å²) in [6.07, 6.45) is 3.53. The molecule has 4 heteroatoms. The molecule has 1 heterocycles. The highest BCUT2D eigenvalue weighted by atomic mass is 16.3. The Kier molecular flexibility index (Phi) is 6.15. The summed E-state index contributed by atoms with van der Waals surface area (Å²) in [5, 5.41) is 9.46. The van der Waals surface area contributed by atoms with Crippen LogP contribution >= 0.6 is 0 Å². The van der Waals surface area contributed by atoms with Gasteiger partial charge in [-0.15, -0.1) is 0 Å². The van der Waals surface area contributed by atoms with Gasteiger partial charge in [-0.1, -0.05) is 60.7 Å². The van der Waals surface area contributed by atoms with Crippen molar-refractivity contribution in [3.63, 3.8) is 0 Å². The van der Waals surface area contributed by atoms with Gasteiger partial charge in [-0.2, -0.15) is 0 Å². The summed E-state index contributed by atoms with van der Waals surface area (Å²) < 4.78 is 0. The zero-order chi connectivity index (χ0) is 20.9. The monoisotopic (exact) mass is 400 g/mol. The standard InChI is InChI=1S/C26H28N2O2/c27-24(17-19-12-14-23(29)15-13-19)26(30)28-16-5-4-11-25(28)22-10-6-9-21(18-22)20-7-2-1-3-8-20/h1-3,6-10,12-15,18,24-25,29H,4-5,11,16-17,27H2/t24-,25-/m0/s1. The third-order valence-corrected chi connectivity index (χ3v) is 5.87. The fourth-order valence-corrected chi connectivity index (χ4v) is 4.28. The van der Waals surface area contributed by atoms with E-state index in [2.05, 4.69) is 36.4 Å². The number of phenols is 1. The second-order valence-corrected chi connectivity index (χ2v) is 8.01. The van der Waals surface area contributed by atoms with Crippen LogP contribution in [-0.2, 0) is 11.2 Å². The van der Waals surface area contributed by atoms with E-state index >= 15 is 0 Å². The molecule has 3 N–H and O–H groups in total. The number of carbonyl (C=O) groups is 1. The van der Waals surface area contributed by atoms with Crippen molar-refractivity contribution in [3.05, 3.63) is 90.0 Å². The fourth-order valence-electron chi connectivity index (χ4n) is 4.28. The number of amides is 1. The zero-order valence-corrected chi connectivity index (χ0v) is 17.1. The van der Waals surface area contributed by atoms with Gasteiger partial charge in [0.1, 0.15) is 5.75 Å². The zero-order valence-electron chi connectivity index (χ0n) is 17.1. The molecule has 30 heavy (non-hydrogen) atoms. The molecule has 1 saturated heterocycles. The maximum absolute atomic E-state index is 13.3. The average Bonchev–Trinajstić information content (AvgIpc) is 2.81. The van der Waals surface area contributed by atoms with Gasteiger partial charge in [0.05, 0.1) is 12.1 Å². The van der Waals surface area contributed by atoms with Crippen LogP contribution in [0.2, 0.25) is 0 Å². The number of piperidine rings is 1. The molecule has 0 unspecified atom stereocenters. The SMILES string of the molecule is N[C@@H](Cc1ccc(O)cc1)C(=O)N1CCCC[C@H]1c1cccc(-c2ccccc2)c1. The third kappa shape index (κ3) is 4.55. The van der Waals surface area contributed by atoms with E-state index in [1.165, 1.54) is 16.7 Å². The van der Waals surface area contributed by atoms with Crippen LogP contribution in [-0.4, -0.2) is 28.5 Å². The van der Waals surface area contributed by atoms with Gasteiger partial charge >= 0.3 is 0 Å². The van der Waals surface area contributed by atoms with Gasteiger partial charge in [0.2, 0.25) is 5.91 Å². The molecule has 1 aliphatic rings. The number of nitrogens with zero attached hydrogens (tertiary/aromatic N) is 1. The number of rotatable bonds is 5. The minimum absolute atomic E-state index is 0.00195. The first-order valence-corrected chi connectivity index (χ1v) is 10.6.